The van der Waals surface area contributed by atoms with Crippen molar-refractivity contribution in [3.05, 3.63) is 28.8 Å². The average molecular weight is 329 g/mol. The van der Waals surface area contributed by atoms with Gasteiger partial charge in [-0.3, -0.25) is 0 Å². The van der Waals surface area contributed by atoms with Crippen molar-refractivity contribution in [3.8, 4) is 5.75 Å². The summed E-state index contributed by atoms with van der Waals surface area (Å²) in [5.41, 5.74) is -6.96. The maximum atomic E-state index is 12.2. The zero-order chi connectivity index (χ0) is 15.1. The van der Waals surface area contributed by atoms with E-state index in [4.69, 9.17) is 11.6 Å². The van der Waals surface area contributed by atoms with Crippen molar-refractivity contribution in [2.45, 2.75) is 11.7 Å². The van der Waals surface area contributed by atoms with Crippen molar-refractivity contribution in [2.75, 3.05) is 0 Å². The molecule has 0 radical (unpaired) electrons. The van der Waals surface area contributed by atoms with Crippen molar-refractivity contribution in [1.82, 2.24) is 0 Å². The molecule has 1 aromatic carbocycles. The van der Waals surface area contributed by atoms with E-state index >= 15 is 0 Å². The number of rotatable bonds is 2. The second-order valence-corrected chi connectivity index (χ2v) is 5.07. The first kappa shape index (κ1) is 15.9. The maximum absolute atomic E-state index is 12.2. The molecule has 0 fully saturated rings. The van der Waals surface area contributed by atoms with E-state index in [0.29, 0.717) is 12.1 Å². The van der Waals surface area contributed by atoms with Crippen molar-refractivity contribution in [2.24, 2.45) is 0 Å². The molecule has 0 saturated heterocycles. The fourth-order valence-corrected chi connectivity index (χ4v) is 1.65. The number of halogens is 7. The standard InChI is InChI=1S/C8H3ClF6O3S/c9-5-3-4(7(10,11)12)1-2-6(5)18-19(16,17)8(13,14)15/h1-3H. The first-order valence-corrected chi connectivity index (χ1v) is 6.01. The highest BCUT2D eigenvalue weighted by atomic mass is 35.5. The van der Waals surface area contributed by atoms with Crippen LogP contribution in [-0.4, -0.2) is 13.9 Å². The van der Waals surface area contributed by atoms with E-state index in [1.807, 2.05) is 0 Å². The Labute approximate surface area is 107 Å². The van der Waals surface area contributed by atoms with Crippen LogP contribution in [-0.2, 0) is 16.3 Å². The van der Waals surface area contributed by atoms with Crippen molar-refractivity contribution >= 4 is 21.7 Å². The normalized spacial score (nSPS) is 13.4. The largest absolute Gasteiger partial charge is 0.534 e. The molecule has 19 heavy (non-hydrogen) atoms. The van der Waals surface area contributed by atoms with Gasteiger partial charge in [-0.15, -0.1) is 0 Å². The Morgan fingerprint density at radius 1 is 1.05 bits per heavy atom. The molecule has 0 saturated carbocycles. The van der Waals surface area contributed by atoms with Gasteiger partial charge in [-0.1, -0.05) is 11.6 Å². The van der Waals surface area contributed by atoms with E-state index in [-0.39, 0.29) is 6.07 Å². The molecule has 0 unspecified atom stereocenters. The Morgan fingerprint density at radius 3 is 1.95 bits per heavy atom. The van der Waals surface area contributed by atoms with Crippen LogP contribution in [0.15, 0.2) is 18.2 Å². The maximum Gasteiger partial charge on any atom is 0.534 e. The summed E-state index contributed by atoms with van der Waals surface area (Å²) in [4.78, 5) is 0. The van der Waals surface area contributed by atoms with Gasteiger partial charge >= 0.3 is 21.8 Å². The van der Waals surface area contributed by atoms with Crippen LogP contribution < -0.4 is 4.18 Å². The first-order chi connectivity index (χ1) is 8.34. The van der Waals surface area contributed by atoms with Gasteiger partial charge in [-0.05, 0) is 18.2 Å². The third-order valence-electron chi connectivity index (χ3n) is 1.74. The summed E-state index contributed by atoms with van der Waals surface area (Å²) in [7, 11) is -5.99. The minimum atomic E-state index is -5.99. The summed E-state index contributed by atoms with van der Waals surface area (Å²) in [6, 6.07) is 0.977. The van der Waals surface area contributed by atoms with Gasteiger partial charge in [0.2, 0.25) is 0 Å². The molecular formula is C8H3ClF6O3S. The quantitative estimate of drug-likeness (QED) is 0.473. The van der Waals surface area contributed by atoms with E-state index in [9.17, 15) is 34.8 Å². The molecule has 0 aliphatic rings. The molecule has 0 N–H and O–H groups in total. The van der Waals surface area contributed by atoms with Crippen LogP contribution in [0, 0.1) is 0 Å². The number of hydrogen-bond acceptors (Lipinski definition) is 3. The Bertz CT molecular complexity index is 577. The van der Waals surface area contributed by atoms with Crippen LogP contribution in [0.3, 0.4) is 0 Å². The van der Waals surface area contributed by atoms with Gasteiger partial charge in [-0.25, -0.2) is 0 Å². The Kier molecular flexibility index (Phi) is 3.97. The van der Waals surface area contributed by atoms with Gasteiger partial charge < -0.3 is 4.18 Å². The molecule has 3 nitrogen and oxygen atoms in total. The zero-order valence-electron chi connectivity index (χ0n) is 8.51. The highest BCUT2D eigenvalue weighted by molar-refractivity contribution is 7.88. The molecule has 0 aliphatic heterocycles. The summed E-state index contributed by atoms with van der Waals surface area (Å²) >= 11 is 5.23. The molecule has 1 rings (SSSR count). The topological polar surface area (TPSA) is 43.4 Å². The lowest BCUT2D eigenvalue weighted by Gasteiger charge is -2.12. The van der Waals surface area contributed by atoms with Crippen LogP contribution in [0.25, 0.3) is 0 Å². The average Bonchev–Trinajstić information content (AvgIpc) is 2.17. The molecule has 11 heteroatoms. The van der Waals surface area contributed by atoms with Crippen molar-refractivity contribution in [1.29, 1.82) is 0 Å². The number of alkyl halides is 6. The predicted molar refractivity (Wildman–Crippen MR) is 52.1 cm³/mol. The van der Waals surface area contributed by atoms with Gasteiger partial charge in [0.15, 0.2) is 5.75 Å². The second-order valence-electron chi connectivity index (χ2n) is 3.13. The Hall–Kier alpha value is -1.16. The van der Waals surface area contributed by atoms with Crippen molar-refractivity contribution in [3.63, 3.8) is 0 Å². The van der Waals surface area contributed by atoms with Crippen molar-refractivity contribution < 1.29 is 38.9 Å². The molecule has 0 aliphatic carbocycles. The summed E-state index contributed by atoms with van der Waals surface area (Å²) in [6.45, 7) is 0. The van der Waals surface area contributed by atoms with E-state index in [0.717, 1.165) is 0 Å². The van der Waals surface area contributed by atoms with Crippen LogP contribution in [0.1, 0.15) is 5.56 Å². The van der Waals surface area contributed by atoms with Crippen LogP contribution >= 0.6 is 11.6 Å². The molecule has 0 heterocycles. The predicted octanol–water partition coefficient (Wildman–Crippen LogP) is 3.59. The van der Waals surface area contributed by atoms with Gasteiger partial charge in [0.1, 0.15) is 0 Å². The lowest BCUT2D eigenvalue weighted by atomic mass is 10.2. The lowest BCUT2D eigenvalue weighted by Crippen LogP contribution is -2.28. The minimum Gasteiger partial charge on any atom is -0.374 e. The van der Waals surface area contributed by atoms with Gasteiger partial charge in [-0.2, -0.15) is 34.8 Å². The lowest BCUT2D eigenvalue weighted by molar-refractivity contribution is -0.137. The van der Waals surface area contributed by atoms with Gasteiger partial charge in [0.25, 0.3) is 0 Å². The number of benzene rings is 1. The summed E-state index contributed by atoms with van der Waals surface area (Å²) in [5, 5.41) is -0.914. The Balaban J connectivity index is 3.13. The van der Waals surface area contributed by atoms with E-state index in [1.54, 1.807) is 0 Å². The molecule has 0 bridgehead atoms. The summed E-state index contributed by atoms with van der Waals surface area (Å²) < 4.78 is 97.5. The van der Waals surface area contributed by atoms with Crippen LogP contribution in [0.5, 0.6) is 5.75 Å². The first-order valence-electron chi connectivity index (χ1n) is 4.22. The smallest absolute Gasteiger partial charge is 0.374 e. The highest BCUT2D eigenvalue weighted by Gasteiger charge is 2.48. The SMILES string of the molecule is O=S(=O)(Oc1ccc(C(F)(F)F)cc1Cl)C(F)(F)F. The minimum absolute atomic E-state index is 0.253. The highest BCUT2D eigenvalue weighted by Crippen LogP contribution is 2.36. The summed E-state index contributed by atoms with van der Waals surface area (Å²) in [6.07, 6.45) is -4.77. The van der Waals surface area contributed by atoms with E-state index < -0.39 is 38.1 Å². The second kappa shape index (κ2) is 4.75. The Morgan fingerprint density at radius 2 is 1.58 bits per heavy atom. The third kappa shape index (κ3) is 3.66. The molecule has 0 aromatic heterocycles. The summed E-state index contributed by atoms with van der Waals surface area (Å²) in [5.74, 6) is -1.05. The molecular weight excluding hydrogens is 326 g/mol. The molecule has 0 amide bonds. The van der Waals surface area contributed by atoms with E-state index in [1.165, 1.54) is 0 Å². The molecule has 1 aromatic rings. The fraction of sp³-hybridized carbons (Fsp3) is 0.250. The molecule has 0 atom stereocenters. The third-order valence-corrected chi connectivity index (χ3v) is 3.00. The monoisotopic (exact) mass is 328 g/mol. The zero-order valence-corrected chi connectivity index (χ0v) is 10.1. The number of hydrogen-bond donors (Lipinski definition) is 0. The van der Waals surface area contributed by atoms with Crippen LogP contribution in [0.2, 0.25) is 5.02 Å². The van der Waals surface area contributed by atoms with Gasteiger partial charge in [0, 0.05) is 0 Å². The molecule has 0 spiro atoms. The van der Waals surface area contributed by atoms with Crippen LogP contribution in [0.4, 0.5) is 26.3 Å². The fourth-order valence-electron chi connectivity index (χ4n) is 0.910. The van der Waals surface area contributed by atoms with E-state index in [2.05, 4.69) is 4.18 Å². The molecule has 108 valence electrons. The van der Waals surface area contributed by atoms with Gasteiger partial charge in [0.05, 0.1) is 10.6 Å².